The number of halogens is 2. The van der Waals surface area contributed by atoms with Crippen molar-refractivity contribution in [2.45, 2.75) is 102 Å². The minimum absolute atomic E-state index is 0.0245. The SMILES string of the molecule is CCCCC(=O)OCOP(=O)(CS(=O)(=O)C[C@H]1O[C@@H](n2ccc3c(NC4CC(F)C4)c(C#N)c(Cl)nc32)[C@H](O)[C@@H]1O)OCOC(=O)CCCC. The Kier molecular flexibility index (Phi) is 14.0. The number of unbranched alkanes of at least 4 members (excludes halogenated alkanes) is 2. The molecule has 4 atom stereocenters. The first-order valence-electron chi connectivity index (χ1n) is 16.1. The topological polar surface area (TPSA) is 226 Å². The van der Waals surface area contributed by atoms with Gasteiger partial charge in [0.1, 0.15) is 41.8 Å². The predicted molar refractivity (Wildman–Crippen MR) is 176 cm³/mol. The number of alkyl halides is 1. The van der Waals surface area contributed by atoms with E-state index < -0.39 is 84.9 Å². The van der Waals surface area contributed by atoms with Crippen molar-refractivity contribution in [2.75, 3.05) is 30.1 Å². The van der Waals surface area contributed by atoms with E-state index in [1.165, 1.54) is 10.8 Å². The van der Waals surface area contributed by atoms with Crippen LogP contribution in [0.1, 0.15) is 77.0 Å². The van der Waals surface area contributed by atoms with Crippen LogP contribution in [0.15, 0.2) is 12.3 Å². The van der Waals surface area contributed by atoms with Gasteiger partial charge < -0.3 is 34.3 Å². The maximum Gasteiger partial charge on any atom is 0.351 e. The van der Waals surface area contributed by atoms with E-state index in [1.54, 1.807) is 6.07 Å². The Morgan fingerprint density at radius 1 is 1.14 bits per heavy atom. The highest BCUT2D eigenvalue weighted by molar-refractivity contribution is 7.97. The fourth-order valence-corrected chi connectivity index (χ4v) is 9.79. The van der Waals surface area contributed by atoms with E-state index in [1.807, 2.05) is 19.9 Å². The van der Waals surface area contributed by atoms with Gasteiger partial charge >= 0.3 is 19.5 Å². The molecular formula is C30H41ClFN4O12PS. The molecule has 2 aromatic rings. The molecule has 0 unspecified atom stereocenters. The summed E-state index contributed by atoms with van der Waals surface area (Å²) in [5.41, 5.74) is -0.826. The summed E-state index contributed by atoms with van der Waals surface area (Å²) >= 11 is 6.31. The molecule has 2 fully saturated rings. The van der Waals surface area contributed by atoms with Crippen molar-refractivity contribution < 1.29 is 60.4 Å². The van der Waals surface area contributed by atoms with E-state index in [0.29, 0.717) is 36.8 Å². The largest absolute Gasteiger partial charge is 0.438 e. The normalized spacial score (nSPS) is 23.7. The summed E-state index contributed by atoms with van der Waals surface area (Å²) in [6, 6.07) is 3.28. The van der Waals surface area contributed by atoms with E-state index in [2.05, 4.69) is 10.3 Å². The smallest absolute Gasteiger partial charge is 0.351 e. The van der Waals surface area contributed by atoms with Crippen LogP contribution in [0, 0.1) is 11.3 Å². The highest BCUT2D eigenvalue weighted by Gasteiger charge is 2.47. The lowest BCUT2D eigenvalue weighted by Gasteiger charge is -2.31. The molecule has 1 aliphatic heterocycles. The summed E-state index contributed by atoms with van der Waals surface area (Å²) in [6.45, 7) is 1.91. The molecule has 0 bridgehead atoms. The van der Waals surface area contributed by atoms with Gasteiger partial charge in [-0.25, -0.2) is 17.8 Å². The number of rotatable bonds is 19. The summed E-state index contributed by atoms with van der Waals surface area (Å²) < 4.78 is 80.8. The molecule has 0 radical (unpaired) electrons. The molecule has 2 aromatic heterocycles. The van der Waals surface area contributed by atoms with Crippen LogP contribution < -0.4 is 5.32 Å². The van der Waals surface area contributed by atoms with Crippen LogP contribution in [0.25, 0.3) is 11.0 Å². The highest BCUT2D eigenvalue weighted by Crippen LogP contribution is 2.50. The number of fused-ring (bicyclic) bond motifs is 1. The maximum absolute atomic E-state index is 13.5. The first-order valence-corrected chi connectivity index (χ1v) is 20.1. The van der Waals surface area contributed by atoms with Crippen LogP contribution in [0.2, 0.25) is 5.15 Å². The zero-order valence-electron chi connectivity index (χ0n) is 27.5. The number of aliphatic hydroxyl groups is 2. The van der Waals surface area contributed by atoms with Gasteiger partial charge in [0.25, 0.3) is 0 Å². The number of nitriles is 1. The van der Waals surface area contributed by atoms with Gasteiger partial charge in [-0.1, -0.05) is 38.3 Å². The third kappa shape index (κ3) is 10.1. The van der Waals surface area contributed by atoms with Gasteiger partial charge in [-0.15, -0.1) is 0 Å². The molecule has 1 saturated heterocycles. The Bertz CT molecular complexity index is 1690. The third-order valence-corrected chi connectivity index (χ3v) is 13.1. The minimum Gasteiger partial charge on any atom is -0.438 e. The fourth-order valence-electron chi connectivity index (χ4n) is 5.35. The van der Waals surface area contributed by atoms with Gasteiger partial charge in [0, 0.05) is 30.5 Å². The van der Waals surface area contributed by atoms with Crippen LogP contribution in [-0.4, -0.2) is 95.5 Å². The lowest BCUT2D eigenvalue weighted by molar-refractivity contribution is -0.152. The second kappa shape index (κ2) is 17.6. The predicted octanol–water partition coefficient (Wildman–Crippen LogP) is 4.07. The number of sulfone groups is 1. The molecule has 0 aromatic carbocycles. The molecule has 1 saturated carbocycles. The average Bonchev–Trinajstić information content (AvgIpc) is 3.57. The minimum atomic E-state index is -4.65. The summed E-state index contributed by atoms with van der Waals surface area (Å²) in [6.07, 6.45) is -2.87. The number of carbonyl (C=O) groups is 2. The first-order chi connectivity index (χ1) is 23.7. The van der Waals surface area contributed by atoms with Crippen molar-refractivity contribution >= 4 is 57.7 Å². The molecular weight excluding hydrogens is 726 g/mol. The van der Waals surface area contributed by atoms with Gasteiger partial charge in [0.2, 0.25) is 13.6 Å². The number of carbonyl (C=O) groups excluding carboxylic acids is 2. The van der Waals surface area contributed by atoms with Gasteiger partial charge in [0.05, 0.1) is 11.4 Å². The van der Waals surface area contributed by atoms with Crippen LogP contribution in [0.5, 0.6) is 0 Å². The van der Waals surface area contributed by atoms with Crippen molar-refractivity contribution in [3.05, 3.63) is 23.0 Å². The highest BCUT2D eigenvalue weighted by atomic mass is 35.5. The first kappa shape index (κ1) is 39.9. The second-order valence-electron chi connectivity index (χ2n) is 12.1. The van der Waals surface area contributed by atoms with Crippen LogP contribution in [0.3, 0.4) is 0 Å². The lowest BCUT2D eigenvalue weighted by atomic mass is 9.90. The van der Waals surface area contributed by atoms with Gasteiger partial charge in [-0.05, 0) is 31.7 Å². The molecule has 0 amide bonds. The monoisotopic (exact) mass is 766 g/mol. The third-order valence-electron chi connectivity index (χ3n) is 8.15. The number of aromatic nitrogens is 2. The van der Waals surface area contributed by atoms with Crippen LogP contribution in [-0.2, 0) is 47.2 Å². The van der Waals surface area contributed by atoms with Gasteiger partial charge in [0.15, 0.2) is 26.7 Å². The van der Waals surface area contributed by atoms with Crippen LogP contribution in [0.4, 0.5) is 10.1 Å². The van der Waals surface area contributed by atoms with Crippen molar-refractivity contribution in [3.63, 3.8) is 0 Å². The van der Waals surface area contributed by atoms with E-state index in [9.17, 15) is 42.4 Å². The molecule has 20 heteroatoms. The molecule has 278 valence electrons. The van der Waals surface area contributed by atoms with Crippen molar-refractivity contribution in [3.8, 4) is 6.07 Å². The number of hydrogen-bond donors (Lipinski definition) is 3. The quantitative estimate of drug-likeness (QED) is 0.0793. The number of aliphatic hydroxyl groups excluding tert-OH is 2. The zero-order chi connectivity index (χ0) is 36.6. The number of nitrogens with zero attached hydrogens (tertiary/aromatic N) is 3. The molecule has 50 heavy (non-hydrogen) atoms. The number of pyridine rings is 1. The molecule has 3 N–H and O–H groups in total. The van der Waals surface area contributed by atoms with Crippen molar-refractivity contribution in [1.82, 2.24) is 9.55 Å². The average molecular weight is 767 g/mol. The Morgan fingerprint density at radius 3 is 2.28 bits per heavy atom. The molecule has 3 heterocycles. The number of nitrogens with one attached hydrogen (secondary N) is 1. The molecule has 4 rings (SSSR count). The summed E-state index contributed by atoms with van der Waals surface area (Å²) in [5.74, 6) is -2.31. The van der Waals surface area contributed by atoms with Crippen molar-refractivity contribution in [2.24, 2.45) is 0 Å². The molecule has 16 nitrogen and oxygen atoms in total. The molecule has 2 aliphatic rings. The second-order valence-corrected chi connectivity index (χ2v) is 17.0. The zero-order valence-corrected chi connectivity index (χ0v) is 30.0. The van der Waals surface area contributed by atoms with Crippen LogP contribution >= 0.6 is 19.2 Å². The summed E-state index contributed by atoms with van der Waals surface area (Å²) in [5, 5.41) is 34.8. The van der Waals surface area contributed by atoms with E-state index >= 15 is 0 Å². The lowest BCUT2D eigenvalue weighted by Crippen LogP contribution is -2.36. The maximum atomic E-state index is 13.5. The van der Waals surface area contributed by atoms with E-state index in [0.717, 1.165) is 0 Å². The van der Waals surface area contributed by atoms with Crippen molar-refractivity contribution in [1.29, 1.82) is 5.26 Å². The van der Waals surface area contributed by atoms with Gasteiger partial charge in [-0.3, -0.25) is 23.2 Å². The summed E-state index contributed by atoms with van der Waals surface area (Å²) in [7, 11) is -9.15. The number of esters is 2. The fraction of sp³-hybridized carbons (Fsp3) is 0.667. The number of hydrogen-bond acceptors (Lipinski definition) is 15. The van der Waals surface area contributed by atoms with E-state index in [-0.39, 0.29) is 48.1 Å². The summed E-state index contributed by atoms with van der Waals surface area (Å²) in [4.78, 5) is 28.0. The molecule has 0 spiro atoms. The Morgan fingerprint density at radius 2 is 1.74 bits per heavy atom. The number of ether oxygens (including phenoxy) is 3. The van der Waals surface area contributed by atoms with E-state index in [4.69, 9.17) is 34.9 Å². The van der Waals surface area contributed by atoms with Gasteiger partial charge in [-0.2, -0.15) is 5.26 Å². The molecule has 1 aliphatic carbocycles. The Balaban J connectivity index is 1.49. The Hall–Kier alpha value is -2.88. The standard InChI is InChI=1S/C30H41ClFN4O12PS/c1-3-5-7-23(37)44-15-46-49(41,47-16-45-24(38)8-6-4-2)17-50(42,43)14-22-26(39)27(40)30(48-22)36-10-9-20-25(34-19-11-18(32)12-19)21(13-33)28(31)35-29(20)36/h9-10,18-19,22,26-27,30,39-40H,3-8,11-12,14-17H2,1-2H3,(H,34,35)/t18?,19?,22-,26-,27-,30-/m1/s1. The Labute approximate surface area is 293 Å². The number of anilines is 1.